The van der Waals surface area contributed by atoms with Crippen LogP contribution in [-0.2, 0) is 11.3 Å². The van der Waals surface area contributed by atoms with Crippen molar-refractivity contribution in [1.29, 1.82) is 0 Å². The summed E-state index contributed by atoms with van der Waals surface area (Å²) in [5, 5.41) is 7.53. The third kappa shape index (κ3) is 5.16. The summed E-state index contributed by atoms with van der Waals surface area (Å²) >= 11 is 7.84. The van der Waals surface area contributed by atoms with Crippen LogP contribution in [0.1, 0.15) is 4.88 Å². The number of fused-ring (bicyclic) bond motifs is 1. The maximum atomic E-state index is 12.1. The van der Waals surface area contributed by atoms with Crippen LogP contribution in [-0.4, -0.2) is 18.5 Å². The number of imide groups is 1. The Morgan fingerprint density at radius 2 is 1.88 bits per heavy atom. The topological polar surface area (TPSA) is 97.6 Å². The number of carbonyl (C=O) groups is 2. The van der Waals surface area contributed by atoms with Crippen molar-refractivity contribution in [3.05, 3.63) is 86.4 Å². The van der Waals surface area contributed by atoms with E-state index in [9.17, 15) is 14.4 Å². The minimum atomic E-state index is -0.649. The van der Waals surface area contributed by atoms with Gasteiger partial charge in [0.15, 0.2) is 6.61 Å². The number of urea groups is 1. The third-order valence-electron chi connectivity index (χ3n) is 4.50. The second-order valence-corrected chi connectivity index (χ2v) is 8.16. The highest BCUT2D eigenvalue weighted by Gasteiger charge is 2.14. The minimum absolute atomic E-state index is 0.154. The van der Waals surface area contributed by atoms with Gasteiger partial charge in [0.2, 0.25) is 0 Å². The number of hydrogen-bond donors (Lipinski definition) is 2. The number of amides is 3. The Hall–Kier alpha value is -3.62. The average molecular weight is 469 g/mol. The van der Waals surface area contributed by atoms with E-state index < -0.39 is 24.2 Å². The summed E-state index contributed by atoms with van der Waals surface area (Å²) in [5.74, 6) is -0.494. The summed E-state index contributed by atoms with van der Waals surface area (Å²) in [7, 11) is 0. The maximum absolute atomic E-state index is 12.1. The monoisotopic (exact) mass is 468 g/mol. The molecular weight excluding hydrogens is 452 g/mol. The molecule has 4 rings (SSSR count). The van der Waals surface area contributed by atoms with Gasteiger partial charge in [0.25, 0.3) is 5.91 Å². The fourth-order valence-corrected chi connectivity index (χ4v) is 3.92. The van der Waals surface area contributed by atoms with Crippen LogP contribution in [0.3, 0.4) is 0 Å². The summed E-state index contributed by atoms with van der Waals surface area (Å²) in [4.78, 5) is 36.9. The zero-order valence-electron chi connectivity index (χ0n) is 16.6. The molecule has 2 aromatic heterocycles. The van der Waals surface area contributed by atoms with Crippen molar-refractivity contribution in [2.45, 2.75) is 6.54 Å². The van der Waals surface area contributed by atoms with E-state index in [1.807, 2.05) is 47.8 Å². The van der Waals surface area contributed by atoms with Crippen molar-refractivity contribution >= 4 is 45.8 Å². The molecule has 0 spiro atoms. The molecule has 0 aliphatic rings. The fourth-order valence-electron chi connectivity index (χ4n) is 3.06. The lowest BCUT2D eigenvalue weighted by Crippen LogP contribution is -2.41. The molecule has 2 heterocycles. The Morgan fingerprint density at radius 1 is 1.06 bits per heavy atom. The summed E-state index contributed by atoms with van der Waals surface area (Å²) in [6.07, 6.45) is 0. The number of thiophene rings is 1. The van der Waals surface area contributed by atoms with E-state index in [0.29, 0.717) is 17.5 Å². The van der Waals surface area contributed by atoms with E-state index in [4.69, 9.17) is 20.8 Å². The van der Waals surface area contributed by atoms with Crippen molar-refractivity contribution < 1.29 is 18.7 Å². The van der Waals surface area contributed by atoms with Crippen molar-refractivity contribution in [2.75, 3.05) is 6.61 Å². The Labute approximate surface area is 191 Å². The van der Waals surface area contributed by atoms with Gasteiger partial charge < -0.3 is 14.5 Å². The number of ether oxygens (including phenoxy) is 1. The summed E-state index contributed by atoms with van der Waals surface area (Å²) in [6, 6.07) is 16.9. The first-order valence-electron chi connectivity index (χ1n) is 9.55. The number of carbonyl (C=O) groups excluding carboxylic acids is 2. The molecule has 4 aromatic rings. The number of rotatable bonds is 6. The van der Waals surface area contributed by atoms with Crippen LogP contribution in [0.2, 0.25) is 5.02 Å². The van der Waals surface area contributed by atoms with E-state index in [1.165, 1.54) is 23.5 Å². The Kier molecular flexibility index (Phi) is 6.53. The zero-order chi connectivity index (χ0) is 22.5. The highest BCUT2D eigenvalue weighted by molar-refractivity contribution is 7.09. The van der Waals surface area contributed by atoms with Gasteiger partial charge in [-0.3, -0.25) is 10.1 Å². The lowest BCUT2D eigenvalue weighted by atomic mass is 10.0. The SMILES string of the molecule is O=C(COc1cc2oc(=O)cc(-c3ccccc3)c2cc1Cl)NC(=O)NCc1cccs1. The molecule has 0 fully saturated rings. The van der Waals surface area contributed by atoms with E-state index >= 15 is 0 Å². The van der Waals surface area contributed by atoms with Crippen LogP contribution >= 0.6 is 22.9 Å². The molecule has 0 saturated heterocycles. The molecule has 3 amide bonds. The second-order valence-electron chi connectivity index (χ2n) is 6.72. The van der Waals surface area contributed by atoms with Crippen LogP contribution in [0.5, 0.6) is 5.75 Å². The Bertz CT molecular complexity index is 1320. The summed E-state index contributed by atoms with van der Waals surface area (Å²) in [6.45, 7) is -0.128. The van der Waals surface area contributed by atoms with E-state index in [2.05, 4.69) is 10.6 Å². The van der Waals surface area contributed by atoms with Crippen LogP contribution in [0.4, 0.5) is 4.79 Å². The first kappa shape index (κ1) is 21.6. The van der Waals surface area contributed by atoms with Gasteiger partial charge in [-0.25, -0.2) is 9.59 Å². The van der Waals surface area contributed by atoms with E-state index in [1.54, 1.807) is 6.07 Å². The largest absolute Gasteiger partial charge is 0.482 e. The molecule has 162 valence electrons. The average Bonchev–Trinajstić information content (AvgIpc) is 3.30. The molecular formula is C23H17ClN2O5S. The maximum Gasteiger partial charge on any atom is 0.336 e. The molecule has 0 aliphatic heterocycles. The summed E-state index contributed by atoms with van der Waals surface area (Å²) < 4.78 is 10.8. The Balaban J connectivity index is 1.45. The molecule has 9 heteroatoms. The second kappa shape index (κ2) is 9.67. The molecule has 0 radical (unpaired) electrons. The van der Waals surface area contributed by atoms with E-state index in [-0.39, 0.29) is 16.4 Å². The number of hydrogen-bond acceptors (Lipinski definition) is 6. The van der Waals surface area contributed by atoms with Crippen LogP contribution < -0.4 is 21.0 Å². The normalized spacial score (nSPS) is 10.7. The molecule has 0 saturated carbocycles. The van der Waals surface area contributed by atoms with Crippen LogP contribution in [0, 0.1) is 0 Å². The van der Waals surface area contributed by atoms with Gasteiger partial charge in [-0.15, -0.1) is 11.3 Å². The number of halogens is 1. The number of nitrogens with one attached hydrogen (secondary N) is 2. The molecule has 0 aliphatic carbocycles. The van der Waals surface area contributed by atoms with Crippen molar-refractivity contribution in [2.24, 2.45) is 0 Å². The molecule has 0 bridgehead atoms. The molecule has 7 nitrogen and oxygen atoms in total. The lowest BCUT2D eigenvalue weighted by molar-refractivity contribution is -0.122. The zero-order valence-corrected chi connectivity index (χ0v) is 18.2. The molecule has 32 heavy (non-hydrogen) atoms. The lowest BCUT2D eigenvalue weighted by Gasteiger charge is -2.11. The first-order valence-corrected chi connectivity index (χ1v) is 10.8. The predicted molar refractivity (Wildman–Crippen MR) is 123 cm³/mol. The van der Waals surface area contributed by atoms with Gasteiger partial charge in [0.05, 0.1) is 11.6 Å². The molecule has 0 atom stereocenters. The Morgan fingerprint density at radius 3 is 2.62 bits per heavy atom. The van der Waals surface area contributed by atoms with Gasteiger partial charge in [-0.05, 0) is 28.6 Å². The van der Waals surface area contributed by atoms with Gasteiger partial charge in [0.1, 0.15) is 11.3 Å². The van der Waals surface area contributed by atoms with Crippen molar-refractivity contribution in [1.82, 2.24) is 10.6 Å². The number of benzene rings is 2. The first-order chi connectivity index (χ1) is 15.5. The molecule has 2 N–H and O–H groups in total. The van der Waals surface area contributed by atoms with Crippen LogP contribution in [0.25, 0.3) is 22.1 Å². The smallest absolute Gasteiger partial charge is 0.336 e. The van der Waals surface area contributed by atoms with Gasteiger partial charge >= 0.3 is 11.7 Å². The van der Waals surface area contributed by atoms with Gasteiger partial charge in [-0.1, -0.05) is 48.0 Å². The van der Waals surface area contributed by atoms with Gasteiger partial charge in [0, 0.05) is 22.4 Å². The highest BCUT2D eigenvalue weighted by atomic mass is 35.5. The van der Waals surface area contributed by atoms with Crippen molar-refractivity contribution in [3.63, 3.8) is 0 Å². The summed E-state index contributed by atoms with van der Waals surface area (Å²) in [5.41, 5.74) is 1.25. The van der Waals surface area contributed by atoms with E-state index in [0.717, 1.165) is 10.4 Å². The van der Waals surface area contributed by atoms with Crippen LogP contribution in [0.15, 0.2) is 75.3 Å². The third-order valence-corrected chi connectivity index (χ3v) is 5.67. The van der Waals surface area contributed by atoms with Crippen molar-refractivity contribution in [3.8, 4) is 16.9 Å². The highest BCUT2D eigenvalue weighted by Crippen LogP contribution is 2.34. The molecule has 0 unspecified atom stereocenters. The fraction of sp³-hybridized carbons (Fsp3) is 0.0870. The molecule has 2 aromatic carbocycles. The predicted octanol–water partition coefficient (Wildman–Crippen LogP) is 4.58. The van der Waals surface area contributed by atoms with Gasteiger partial charge in [-0.2, -0.15) is 0 Å². The minimum Gasteiger partial charge on any atom is -0.482 e. The standard InChI is InChI=1S/C23H17ClN2O5S/c24-18-9-17-16(14-5-2-1-3-6-14)10-22(28)31-19(17)11-20(18)30-13-21(27)26-23(29)25-12-15-7-4-8-32-15/h1-11H,12-13H2,(H2,25,26,27,29). The quantitative estimate of drug-likeness (QED) is 0.404.